The number of nitrogens with one attached hydrogen (secondary N) is 1. The van der Waals surface area contributed by atoms with E-state index in [9.17, 15) is 0 Å². The van der Waals surface area contributed by atoms with Crippen LogP contribution in [0.15, 0.2) is 35.5 Å². The molecule has 0 spiro atoms. The highest BCUT2D eigenvalue weighted by Gasteiger charge is 2.10. The summed E-state index contributed by atoms with van der Waals surface area (Å²) >= 11 is 0. The first-order valence-corrected chi connectivity index (χ1v) is 12.0. The summed E-state index contributed by atoms with van der Waals surface area (Å²) in [4.78, 5) is 4.67. The molecule has 0 saturated carbocycles. The predicted molar refractivity (Wildman–Crippen MR) is 139 cm³/mol. The van der Waals surface area contributed by atoms with Crippen LogP contribution < -0.4 is 32.1 Å². The minimum absolute atomic E-state index is 0.101. The molecule has 1 aromatic carbocycles. The first-order chi connectivity index (χ1) is 16.4. The molecule has 0 saturated heterocycles. The lowest BCUT2D eigenvalue weighted by Crippen LogP contribution is -2.36. The van der Waals surface area contributed by atoms with E-state index in [0.29, 0.717) is 32.0 Å². The highest BCUT2D eigenvalue weighted by Crippen LogP contribution is 2.21. The number of aliphatic hydroxyl groups excluding tert-OH is 1. The number of nitrogens with two attached hydrogens (primary N) is 2. The van der Waals surface area contributed by atoms with E-state index >= 15 is 0 Å². The molecule has 188 valence electrons. The number of aromatic nitrogens is 1. The van der Waals surface area contributed by atoms with Crippen molar-refractivity contribution in [2.45, 2.75) is 58.7 Å². The van der Waals surface area contributed by atoms with Crippen LogP contribution >= 0.6 is 0 Å². The van der Waals surface area contributed by atoms with Crippen LogP contribution in [0.4, 0.5) is 0 Å². The standard InChI is InChI=1S/C26H41N5O3/c1-5-7-8-12-29-26(30-24(28)6-2)25-19(3)11-13-31(25)15-21-10-9-20(14-23(21)33-4)17-34-18-22(27)16-32/h9-11,13-14,22,29,32H,3,5-8,12,15-18,27H2,1-2,4H3,(H2,28,30)/b26-25+. The van der Waals surface area contributed by atoms with Crippen LogP contribution in [0.5, 0.6) is 5.75 Å². The fourth-order valence-electron chi connectivity index (χ4n) is 3.49. The number of benzene rings is 1. The zero-order valence-corrected chi connectivity index (χ0v) is 20.8. The topological polar surface area (TPSA) is 120 Å². The van der Waals surface area contributed by atoms with Gasteiger partial charge in [-0.25, -0.2) is 4.99 Å². The molecule has 8 heteroatoms. The van der Waals surface area contributed by atoms with Gasteiger partial charge in [0.15, 0.2) is 5.82 Å². The third kappa shape index (κ3) is 8.20. The number of unbranched alkanes of at least 4 members (excludes halogenated alkanes) is 2. The summed E-state index contributed by atoms with van der Waals surface area (Å²) in [5, 5.41) is 14.3. The minimum Gasteiger partial charge on any atom is -0.496 e. The number of amidine groups is 1. The summed E-state index contributed by atoms with van der Waals surface area (Å²) in [5.41, 5.74) is 13.8. The van der Waals surface area contributed by atoms with E-state index in [1.165, 1.54) is 0 Å². The van der Waals surface area contributed by atoms with Crippen molar-refractivity contribution < 1.29 is 14.6 Å². The average molecular weight is 472 g/mol. The SMILES string of the molecule is C=c1ccn(Cc2ccc(COCC(N)CO)cc2OC)/c1=C(/N=C(/N)CC)NCCCCC. The van der Waals surface area contributed by atoms with Gasteiger partial charge in [0.25, 0.3) is 0 Å². The van der Waals surface area contributed by atoms with Crippen LogP contribution in [0.1, 0.15) is 50.7 Å². The fourth-order valence-corrected chi connectivity index (χ4v) is 3.49. The molecular formula is C26H41N5O3. The van der Waals surface area contributed by atoms with Crippen LogP contribution in [0.25, 0.3) is 12.4 Å². The van der Waals surface area contributed by atoms with Crippen molar-refractivity contribution in [2.24, 2.45) is 16.5 Å². The van der Waals surface area contributed by atoms with E-state index < -0.39 is 0 Å². The molecule has 0 bridgehead atoms. The number of hydrogen-bond donors (Lipinski definition) is 4. The van der Waals surface area contributed by atoms with Gasteiger partial charge >= 0.3 is 0 Å². The van der Waals surface area contributed by atoms with Gasteiger partial charge in [-0.2, -0.15) is 0 Å². The summed E-state index contributed by atoms with van der Waals surface area (Å²) < 4.78 is 13.4. The van der Waals surface area contributed by atoms with Crippen LogP contribution in [-0.4, -0.2) is 48.4 Å². The maximum atomic E-state index is 9.03. The number of hydrogen-bond acceptors (Lipinski definition) is 6. The highest BCUT2D eigenvalue weighted by molar-refractivity contribution is 5.83. The number of rotatable bonds is 15. The first kappa shape index (κ1) is 27.4. The maximum Gasteiger partial charge on any atom is 0.152 e. The Hall–Kier alpha value is -2.81. The average Bonchev–Trinajstić information content (AvgIpc) is 3.21. The van der Waals surface area contributed by atoms with Gasteiger partial charge in [-0.3, -0.25) is 0 Å². The highest BCUT2D eigenvalue weighted by atomic mass is 16.5. The monoisotopic (exact) mass is 471 g/mol. The van der Waals surface area contributed by atoms with E-state index in [2.05, 4.69) is 28.4 Å². The number of aliphatic hydroxyl groups is 1. The molecule has 0 amide bonds. The van der Waals surface area contributed by atoms with Gasteiger partial charge < -0.3 is 35.9 Å². The van der Waals surface area contributed by atoms with Crippen LogP contribution in [0, 0.1) is 0 Å². The molecule has 8 nitrogen and oxygen atoms in total. The molecule has 6 N–H and O–H groups in total. The summed E-state index contributed by atoms with van der Waals surface area (Å²) in [6.45, 7) is 10.4. The van der Waals surface area contributed by atoms with Gasteiger partial charge in [0, 0.05) is 24.7 Å². The van der Waals surface area contributed by atoms with Crippen molar-refractivity contribution in [2.75, 3.05) is 26.9 Å². The molecule has 34 heavy (non-hydrogen) atoms. The maximum absolute atomic E-state index is 9.03. The minimum atomic E-state index is -0.379. The predicted octanol–water partition coefficient (Wildman–Crippen LogP) is 1.40. The Kier molecular flexibility index (Phi) is 11.7. The van der Waals surface area contributed by atoms with Gasteiger partial charge in [0.05, 0.1) is 44.9 Å². The lowest BCUT2D eigenvalue weighted by molar-refractivity contribution is 0.0898. The summed E-state index contributed by atoms with van der Waals surface area (Å²) in [7, 11) is 1.66. The van der Waals surface area contributed by atoms with Crippen LogP contribution in [0.3, 0.4) is 0 Å². The second kappa shape index (κ2) is 14.5. The molecule has 0 fully saturated rings. The third-order valence-electron chi connectivity index (χ3n) is 5.49. The molecule has 1 atom stereocenters. The Labute approximate surface area is 203 Å². The van der Waals surface area contributed by atoms with Crippen LogP contribution in [0.2, 0.25) is 0 Å². The Morgan fingerprint density at radius 3 is 2.74 bits per heavy atom. The number of nitrogens with zero attached hydrogens (tertiary/aromatic N) is 2. The molecule has 2 aromatic rings. The number of ether oxygens (including phenoxy) is 2. The van der Waals surface area contributed by atoms with E-state index in [4.69, 9.17) is 26.0 Å². The van der Waals surface area contributed by atoms with Crippen molar-refractivity contribution >= 4 is 18.2 Å². The van der Waals surface area contributed by atoms with E-state index in [-0.39, 0.29) is 12.6 Å². The molecule has 0 aliphatic rings. The summed E-state index contributed by atoms with van der Waals surface area (Å²) in [6, 6.07) is 7.62. The second-order valence-electron chi connectivity index (χ2n) is 8.36. The lowest BCUT2D eigenvalue weighted by atomic mass is 10.1. The Morgan fingerprint density at radius 2 is 2.06 bits per heavy atom. The lowest BCUT2D eigenvalue weighted by Gasteiger charge is -2.14. The zero-order chi connectivity index (χ0) is 24.9. The van der Waals surface area contributed by atoms with Gasteiger partial charge in [-0.15, -0.1) is 0 Å². The smallest absolute Gasteiger partial charge is 0.152 e. The fraction of sp³-hybridized carbons (Fsp3) is 0.500. The summed E-state index contributed by atoms with van der Waals surface area (Å²) in [5.74, 6) is 2.09. The summed E-state index contributed by atoms with van der Waals surface area (Å²) in [6.07, 6.45) is 6.06. The Morgan fingerprint density at radius 1 is 1.26 bits per heavy atom. The third-order valence-corrected chi connectivity index (χ3v) is 5.49. The number of aliphatic imine (C=N–C) groups is 1. The van der Waals surface area contributed by atoms with Gasteiger partial charge in [0.1, 0.15) is 11.6 Å². The molecule has 0 aliphatic carbocycles. The molecule has 2 rings (SSSR count). The normalized spacial score (nSPS) is 13.6. The van der Waals surface area contributed by atoms with Crippen molar-refractivity contribution in [3.63, 3.8) is 0 Å². The zero-order valence-electron chi connectivity index (χ0n) is 20.8. The molecular weight excluding hydrogens is 430 g/mol. The van der Waals surface area contributed by atoms with Crippen molar-refractivity contribution in [1.29, 1.82) is 0 Å². The molecule has 1 unspecified atom stereocenters. The van der Waals surface area contributed by atoms with E-state index in [1.54, 1.807) is 7.11 Å². The van der Waals surface area contributed by atoms with E-state index in [0.717, 1.165) is 59.1 Å². The van der Waals surface area contributed by atoms with Gasteiger partial charge in [-0.05, 0) is 29.3 Å². The second-order valence-corrected chi connectivity index (χ2v) is 8.36. The quantitative estimate of drug-likeness (QED) is 0.177. The molecule has 0 aliphatic heterocycles. The Balaban J connectivity index is 2.34. The Bertz CT molecular complexity index is 1030. The first-order valence-electron chi connectivity index (χ1n) is 12.0. The number of methoxy groups -OCH3 is 1. The largest absolute Gasteiger partial charge is 0.496 e. The van der Waals surface area contributed by atoms with Crippen molar-refractivity contribution in [1.82, 2.24) is 9.88 Å². The van der Waals surface area contributed by atoms with Crippen LogP contribution in [-0.2, 0) is 17.9 Å². The molecule has 0 radical (unpaired) electrons. The van der Waals surface area contributed by atoms with E-state index in [1.807, 2.05) is 37.4 Å². The molecule has 1 aromatic heterocycles. The van der Waals surface area contributed by atoms with Gasteiger partial charge in [0.2, 0.25) is 0 Å². The molecule has 1 heterocycles. The van der Waals surface area contributed by atoms with Crippen molar-refractivity contribution in [3.8, 4) is 5.75 Å². The van der Waals surface area contributed by atoms with Gasteiger partial charge in [-0.1, -0.05) is 45.4 Å². The van der Waals surface area contributed by atoms with Crippen molar-refractivity contribution in [3.05, 3.63) is 52.2 Å².